The van der Waals surface area contributed by atoms with Gasteiger partial charge < -0.3 is 14.7 Å². The zero-order chi connectivity index (χ0) is 14.3. The minimum atomic E-state index is -0.920. The maximum atomic E-state index is 10.0. The Morgan fingerprint density at radius 1 is 1.37 bits per heavy atom. The Morgan fingerprint density at radius 3 is 2.68 bits per heavy atom. The number of rotatable bonds is 4. The van der Waals surface area contributed by atoms with Gasteiger partial charge in [-0.3, -0.25) is 0 Å². The standard InChI is InChI=1S/C13H18BClN2O2/c1-12(2,18)13(3,4)19-14-8-5-9-10(15)7-17-11(9)16-6-8/h5-7,14,18H,1-4H3,(H,16,17). The number of aromatic amines is 1. The van der Waals surface area contributed by atoms with E-state index in [2.05, 4.69) is 9.97 Å². The van der Waals surface area contributed by atoms with Crippen LogP contribution in [0.2, 0.25) is 5.02 Å². The van der Waals surface area contributed by atoms with Gasteiger partial charge in [0.05, 0.1) is 16.2 Å². The van der Waals surface area contributed by atoms with E-state index in [-0.39, 0.29) is 0 Å². The van der Waals surface area contributed by atoms with Crippen LogP contribution in [-0.4, -0.2) is 33.8 Å². The molecule has 2 heterocycles. The molecule has 0 spiro atoms. The number of aliphatic hydroxyl groups is 1. The van der Waals surface area contributed by atoms with Gasteiger partial charge in [-0.1, -0.05) is 17.7 Å². The molecule has 0 atom stereocenters. The van der Waals surface area contributed by atoms with E-state index in [1.807, 2.05) is 19.9 Å². The van der Waals surface area contributed by atoms with E-state index >= 15 is 0 Å². The van der Waals surface area contributed by atoms with Crippen LogP contribution in [0.25, 0.3) is 11.0 Å². The quantitative estimate of drug-likeness (QED) is 0.839. The van der Waals surface area contributed by atoms with Crippen molar-refractivity contribution < 1.29 is 9.76 Å². The lowest BCUT2D eigenvalue weighted by atomic mass is 9.83. The molecule has 0 fully saturated rings. The zero-order valence-corrected chi connectivity index (χ0v) is 12.4. The third kappa shape index (κ3) is 2.94. The first kappa shape index (κ1) is 14.4. The second kappa shape index (κ2) is 4.82. The number of hydrogen-bond donors (Lipinski definition) is 2. The molecule has 4 nitrogen and oxygen atoms in total. The van der Waals surface area contributed by atoms with Crippen molar-refractivity contribution >= 4 is 35.6 Å². The average molecular weight is 281 g/mol. The van der Waals surface area contributed by atoms with Crippen LogP contribution in [0, 0.1) is 0 Å². The van der Waals surface area contributed by atoms with Gasteiger partial charge in [-0.2, -0.15) is 0 Å². The van der Waals surface area contributed by atoms with Crippen molar-refractivity contribution in [3.05, 3.63) is 23.5 Å². The normalized spacial score (nSPS) is 12.9. The van der Waals surface area contributed by atoms with E-state index in [0.717, 1.165) is 16.5 Å². The first-order valence-corrected chi connectivity index (χ1v) is 6.56. The number of H-pyrrole nitrogens is 1. The maximum Gasteiger partial charge on any atom is 0.311 e. The molecule has 0 amide bonds. The maximum absolute atomic E-state index is 10.0. The summed E-state index contributed by atoms with van der Waals surface area (Å²) in [6.45, 7) is 7.19. The van der Waals surface area contributed by atoms with Crippen molar-refractivity contribution in [2.24, 2.45) is 0 Å². The Labute approximate surface area is 118 Å². The van der Waals surface area contributed by atoms with Gasteiger partial charge in [0.2, 0.25) is 0 Å². The fraction of sp³-hybridized carbons (Fsp3) is 0.462. The van der Waals surface area contributed by atoms with E-state index < -0.39 is 11.2 Å². The monoisotopic (exact) mass is 280 g/mol. The Hall–Kier alpha value is -1.04. The van der Waals surface area contributed by atoms with Gasteiger partial charge in [0.25, 0.3) is 0 Å². The van der Waals surface area contributed by atoms with Crippen LogP contribution in [0.15, 0.2) is 18.5 Å². The second-order valence-electron chi connectivity index (χ2n) is 5.73. The zero-order valence-electron chi connectivity index (χ0n) is 11.6. The third-order valence-corrected chi connectivity index (χ3v) is 3.92. The SMILES string of the molecule is CC(C)(O)C(C)(C)OBc1cnc2[nH]cc(Cl)c2c1. The molecule has 0 radical (unpaired) electrons. The van der Waals surface area contributed by atoms with E-state index in [1.54, 1.807) is 26.2 Å². The van der Waals surface area contributed by atoms with Crippen molar-refractivity contribution in [3.63, 3.8) is 0 Å². The molecule has 0 aliphatic carbocycles. The van der Waals surface area contributed by atoms with Gasteiger partial charge in [-0.15, -0.1) is 0 Å². The van der Waals surface area contributed by atoms with Crippen LogP contribution in [0.3, 0.4) is 0 Å². The highest BCUT2D eigenvalue weighted by atomic mass is 35.5. The van der Waals surface area contributed by atoms with Crippen molar-refractivity contribution in [2.75, 3.05) is 0 Å². The number of nitrogens with zero attached hydrogens (tertiary/aromatic N) is 1. The number of aromatic nitrogens is 2. The molecular weight excluding hydrogens is 262 g/mol. The van der Waals surface area contributed by atoms with Gasteiger partial charge in [0.1, 0.15) is 5.65 Å². The van der Waals surface area contributed by atoms with E-state index in [1.165, 1.54) is 0 Å². The Kier molecular flexibility index (Phi) is 3.64. The molecule has 2 aromatic heterocycles. The number of fused-ring (bicyclic) bond motifs is 1. The molecule has 0 aromatic carbocycles. The molecule has 0 aliphatic rings. The second-order valence-corrected chi connectivity index (χ2v) is 6.14. The van der Waals surface area contributed by atoms with Gasteiger partial charge in [-0.05, 0) is 33.2 Å². The van der Waals surface area contributed by atoms with Crippen LogP contribution in [0.4, 0.5) is 0 Å². The Balaban J connectivity index is 2.16. The molecule has 0 aliphatic heterocycles. The smallest absolute Gasteiger partial charge is 0.311 e. The number of halogens is 1. The molecule has 2 rings (SSSR count). The molecule has 2 aromatic rings. The Bertz CT molecular complexity index is 590. The van der Waals surface area contributed by atoms with Crippen molar-refractivity contribution in [3.8, 4) is 0 Å². The lowest BCUT2D eigenvalue weighted by Crippen LogP contribution is -2.49. The highest BCUT2D eigenvalue weighted by Gasteiger charge is 2.35. The lowest BCUT2D eigenvalue weighted by Gasteiger charge is -2.37. The van der Waals surface area contributed by atoms with Crippen LogP contribution in [0.5, 0.6) is 0 Å². The van der Waals surface area contributed by atoms with Crippen molar-refractivity contribution in [2.45, 2.75) is 38.9 Å². The van der Waals surface area contributed by atoms with Gasteiger partial charge >= 0.3 is 7.48 Å². The summed E-state index contributed by atoms with van der Waals surface area (Å²) < 4.78 is 5.80. The highest BCUT2D eigenvalue weighted by Crippen LogP contribution is 2.24. The van der Waals surface area contributed by atoms with Crippen LogP contribution in [-0.2, 0) is 4.65 Å². The first-order chi connectivity index (χ1) is 8.71. The van der Waals surface area contributed by atoms with Gasteiger partial charge in [0.15, 0.2) is 0 Å². The molecular formula is C13H18BClN2O2. The summed E-state index contributed by atoms with van der Waals surface area (Å²) in [5.74, 6) is 0. The van der Waals surface area contributed by atoms with Crippen molar-refractivity contribution in [1.29, 1.82) is 0 Å². The molecule has 0 unspecified atom stereocenters. The summed E-state index contributed by atoms with van der Waals surface area (Å²) >= 11 is 6.06. The van der Waals surface area contributed by atoms with Gasteiger partial charge in [0, 0.05) is 17.8 Å². The first-order valence-electron chi connectivity index (χ1n) is 6.18. The largest absolute Gasteiger partial charge is 0.427 e. The van der Waals surface area contributed by atoms with Crippen LogP contribution < -0.4 is 5.46 Å². The molecule has 19 heavy (non-hydrogen) atoms. The molecule has 6 heteroatoms. The highest BCUT2D eigenvalue weighted by molar-refractivity contribution is 6.47. The van der Waals surface area contributed by atoms with Gasteiger partial charge in [-0.25, -0.2) is 4.98 Å². The molecule has 102 valence electrons. The van der Waals surface area contributed by atoms with E-state index in [4.69, 9.17) is 16.3 Å². The topological polar surface area (TPSA) is 58.1 Å². The minimum Gasteiger partial charge on any atom is -0.427 e. The minimum absolute atomic E-state index is 0.376. The van der Waals surface area contributed by atoms with Crippen LogP contribution in [0.1, 0.15) is 27.7 Å². The number of nitrogens with one attached hydrogen (secondary N) is 1. The molecule has 0 saturated carbocycles. The Morgan fingerprint density at radius 2 is 2.05 bits per heavy atom. The fourth-order valence-electron chi connectivity index (χ4n) is 1.53. The number of pyridine rings is 1. The molecule has 2 N–H and O–H groups in total. The predicted molar refractivity (Wildman–Crippen MR) is 79.3 cm³/mol. The average Bonchev–Trinajstić information content (AvgIpc) is 2.67. The summed E-state index contributed by atoms with van der Waals surface area (Å²) in [5.41, 5.74) is 0.113. The lowest BCUT2D eigenvalue weighted by molar-refractivity contribution is -0.0893. The van der Waals surface area contributed by atoms with Crippen molar-refractivity contribution in [1.82, 2.24) is 9.97 Å². The van der Waals surface area contributed by atoms with E-state index in [0.29, 0.717) is 12.5 Å². The third-order valence-electron chi connectivity index (χ3n) is 3.61. The fourth-order valence-corrected chi connectivity index (χ4v) is 1.73. The predicted octanol–water partition coefficient (Wildman–Crippen LogP) is 1.76. The molecule has 0 bridgehead atoms. The summed E-state index contributed by atoms with van der Waals surface area (Å²) in [4.78, 5) is 7.27. The summed E-state index contributed by atoms with van der Waals surface area (Å²) in [5, 5.41) is 11.6. The van der Waals surface area contributed by atoms with E-state index in [9.17, 15) is 5.11 Å². The molecule has 0 saturated heterocycles. The summed E-state index contributed by atoms with van der Waals surface area (Å²) in [6.07, 6.45) is 3.46. The van der Waals surface area contributed by atoms with Crippen LogP contribution >= 0.6 is 11.6 Å². The summed E-state index contributed by atoms with van der Waals surface area (Å²) in [6, 6.07) is 1.95. The number of hydrogen-bond acceptors (Lipinski definition) is 3. The summed E-state index contributed by atoms with van der Waals surface area (Å²) in [7, 11) is 0.376.